The van der Waals surface area contributed by atoms with Crippen LogP contribution in [0.3, 0.4) is 0 Å². The number of alkyl halides is 3. The van der Waals surface area contributed by atoms with E-state index in [4.69, 9.17) is 14.2 Å². The van der Waals surface area contributed by atoms with Crippen LogP contribution >= 0.6 is 0 Å². The second kappa shape index (κ2) is 15.8. The molecule has 7 rings (SSSR count). The van der Waals surface area contributed by atoms with Crippen LogP contribution in [0, 0.1) is 17.8 Å². The number of sulfonamides is 1. The Hall–Kier alpha value is -4.39. The first kappa shape index (κ1) is 43.7. The van der Waals surface area contributed by atoms with Crippen molar-refractivity contribution in [1.29, 1.82) is 0 Å². The number of rotatable bonds is 9. The highest BCUT2D eigenvalue weighted by Crippen LogP contribution is 2.49. The number of ether oxygens (including phenoxy) is 3. The monoisotopic (exact) mass is 865 g/mol. The van der Waals surface area contributed by atoms with E-state index in [9.17, 15) is 45.9 Å². The molecule has 8 atom stereocenters. The molecule has 0 bridgehead atoms. The molecule has 2 aromatic rings. The van der Waals surface area contributed by atoms with Crippen LogP contribution < -0.4 is 24.8 Å². The van der Waals surface area contributed by atoms with E-state index in [2.05, 4.69) is 20.3 Å². The fourth-order valence-electron chi connectivity index (χ4n) is 8.36. The van der Waals surface area contributed by atoms with Crippen LogP contribution in [0.25, 0.3) is 10.8 Å². The second-order valence-corrected chi connectivity index (χ2v) is 20.5. The highest BCUT2D eigenvalue weighted by molar-refractivity contribution is 7.91. The molecule has 1 unspecified atom stereocenters. The molecule has 2 aliphatic heterocycles. The number of carbonyl (C=O) groups excluding carboxylic acids is 4. The van der Waals surface area contributed by atoms with Crippen molar-refractivity contribution < 1.29 is 60.1 Å². The lowest BCUT2D eigenvalue weighted by Gasteiger charge is -2.34. The summed E-state index contributed by atoms with van der Waals surface area (Å²) in [5.74, 6) is -3.54. The van der Waals surface area contributed by atoms with Crippen molar-refractivity contribution in [3.63, 3.8) is 0 Å². The highest BCUT2D eigenvalue weighted by atomic mass is 32.2. The third-order valence-corrected chi connectivity index (χ3v) is 15.0. The Bertz CT molecular complexity index is 2130. The molecule has 15 nitrogen and oxygen atoms in total. The van der Waals surface area contributed by atoms with Gasteiger partial charge in [0.1, 0.15) is 29.5 Å². The number of nitrogens with zero attached hydrogens (tertiary/aromatic N) is 2. The normalized spacial score (nSPS) is 31.1. The average molecular weight is 866 g/mol. The average Bonchev–Trinajstić information content (AvgIpc) is 4.11. The van der Waals surface area contributed by atoms with E-state index < -0.39 is 92.0 Å². The maximum atomic E-state index is 14.8. The molecule has 3 aliphatic carbocycles. The zero-order valence-corrected chi connectivity index (χ0v) is 35.2. The largest absolute Gasteiger partial charge is 0.488 e. The van der Waals surface area contributed by atoms with Gasteiger partial charge in [0, 0.05) is 23.1 Å². The Morgan fingerprint density at radius 3 is 2.33 bits per heavy atom. The highest BCUT2D eigenvalue weighted by Gasteiger charge is 2.66. The number of halogens is 3. The molecule has 0 radical (unpaired) electrons. The molecule has 1 aromatic carbocycles. The van der Waals surface area contributed by atoms with E-state index in [1.54, 1.807) is 19.1 Å². The van der Waals surface area contributed by atoms with Gasteiger partial charge in [-0.1, -0.05) is 44.9 Å². The van der Waals surface area contributed by atoms with Gasteiger partial charge in [0.05, 0.1) is 29.7 Å². The Labute approximate surface area is 346 Å². The van der Waals surface area contributed by atoms with Crippen molar-refractivity contribution >= 4 is 44.6 Å². The van der Waals surface area contributed by atoms with Crippen molar-refractivity contribution in [2.24, 2.45) is 17.8 Å². The maximum Gasteiger partial charge on any atom is 0.427 e. The quantitative estimate of drug-likeness (QED) is 0.274. The van der Waals surface area contributed by atoms with Crippen LogP contribution in [0.1, 0.15) is 98.8 Å². The third-order valence-electron chi connectivity index (χ3n) is 12.8. The standard InChI is InChI=1S/C41H54F3N5O10S/c1-22-9-8-12-30(50)28-19-40(28,36(53)48-60(55,56)39(5)15-16-39)47-33(51)29-18-25(58-34-27-11-7-6-10-26(27)31(20-45-34)57-24-13-14-24)21-49(29)35(52)32(23(2)17-22)46-37(54)59-38(3,4)41(42,43)44/h6-7,10-11,20,22-25,28-30,32,50H,8-9,12-19,21H2,1-5H3,(H,46,54)(H,47,51)(H,48,53)/t22-,23-,25-,28+,29+,30?,32+,40-/m1/s1. The number of amides is 4. The first-order valence-electron chi connectivity index (χ1n) is 20.7. The van der Waals surface area contributed by atoms with Gasteiger partial charge in [-0.3, -0.25) is 19.1 Å². The van der Waals surface area contributed by atoms with E-state index in [0.717, 1.165) is 23.1 Å². The maximum absolute atomic E-state index is 14.8. The third kappa shape index (κ3) is 8.83. The number of aromatic nitrogens is 1. The van der Waals surface area contributed by atoms with E-state index in [0.29, 0.717) is 57.1 Å². The van der Waals surface area contributed by atoms with Crippen molar-refractivity contribution in [1.82, 2.24) is 25.2 Å². The summed E-state index contributed by atoms with van der Waals surface area (Å²) in [7, 11) is -4.15. The lowest BCUT2D eigenvalue weighted by Crippen LogP contribution is -2.60. The van der Waals surface area contributed by atoms with Gasteiger partial charge in [-0.25, -0.2) is 18.2 Å². The van der Waals surface area contributed by atoms with Crippen molar-refractivity contribution in [2.75, 3.05) is 6.54 Å². The van der Waals surface area contributed by atoms with Crippen molar-refractivity contribution in [3.05, 3.63) is 30.5 Å². The van der Waals surface area contributed by atoms with Gasteiger partial charge < -0.3 is 34.9 Å². The van der Waals surface area contributed by atoms with Crippen LogP contribution in [0.4, 0.5) is 18.0 Å². The predicted octanol–water partition coefficient (Wildman–Crippen LogP) is 4.64. The molecular weight excluding hydrogens is 812 g/mol. The van der Waals surface area contributed by atoms with Crippen LogP contribution in [-0.2, 0) is 29.1 Å². The number of carbonyl (C=O) groups is 4. The van der Waals surface area contributed by atoms with Gasteiger partial charge in [-0.2, -0.15) is 13.2 Å². The number of aliphatic hydroxyl groups excluding tert-OH is 1. The number of fused-ring (bicyclic) bond motifs is 3. The first-order valence-corrected chi connectivity index (χ1v) is 22.2. The summed E-state index contributed by atoms with van der Waals surface area (Å²) >= 11 is 0. The Kier molecular flexibility index (Phi) is 11.5. The summed E-state index contributed by atoms with van der Waals surface area (Å²) in [5.41, 5.74) is -4.73. The van der Waals surface area contributed by atoms with Crippen LogP contribution in [0.2, 0.25) is 0 Å². The Morgan fingerprint density at radius 1 is 1.00 bits per heavy atom. The summed E-state index contributed by atoms with van der Waals surface area (Å²) in [6.45, 7) is 6.20. The molecule has 2 saturated heterocycles. The van der Waals surface area contributed by atoms with E-state index in [1.807, 2.05) is 19.1 Å². The number of aliphatic hydroxyl groups is 1. The summed E-state index contributed by atoms with van der Waals surface area (Å²) < 4.78 is 86.1. The van der Waals surface area contributed by atoms with Gasteiger partial charge in [0.25, 0.3) is 5.91 Å². The lowest BCUT2D eigenvalue weighted by atomic mass is 9.87. The smallest absolute Gasteiger partial charge is 0.427 e. The van der Waals surface area contributed by atoms with E-state index in [1.165, 1.54) is 13.1 Å². The van der Waals surface area contributed by atoms with Gasteiger partial charge in [-0.05, 0) is 83.6 Å². The van der Waals surface area contributed by atoms with Crippen molar-refractivity contribution in [3.8, 4) is 11.6 Å². The van der Waals surface area contributed by atoms with Gasteiger partial charge >= 0.3 is 12.3 Å². The molecule has 5 aliphatic rings. The van der Waals surface area contributed by atoms with Gasteiger partial charge in [0.15, 0.2) is 0 Å². The zero-order valence-electron chi connectivity index (χ0n) is 34.3. The number of benzene rings is 1. The molecule has 4 amide bonds. The molecule has 330 valence electrons. The molecular formula is C41H54F3N5O10S. The number of alkyl carbamates (subject to hydrolysis) is 1. The molecule has 19 heteroatoms. The molecule has 3 saturated carbocycles. The minimum absolute atomic E-state index is 0.0681. The van der Waals surface area contributed by atoms with Gasteiger partial charge in [0.2, 0.25) is 33.3 Å². The molecule has 0 spiro atoms. The van der Waals surface area contributed by atoms with Crippen LogP contribution in [0.15, 0.2) is 30.5 Å². The Balaban J connectivity index is 1.23. The van der Waals surface area contributed by atoms with E-state index in [-0.39, 0.29) is 43.7 Å². The summed E-state index contributed by atoms with van der Waals surface area (Å²) in [4.78, 5) is 62.3. The SMILES string of the molecule is C[C@@H]1CCCC(O)[C@@H]2C[C@@]2(C(=O)NS(=O)(=O)C2(C)CC2)NC(=O)[C@@H]2C[C@@H](Oc3ncc(OC4CC4)c4ccccc34)CN2C(=O)[C@@H](NC(=O)OC(C)(C)C(F)(F)F)[C@H](C)C1. The molecule has 5 fully saturated rings. The number of hydrogen-bond acceptors (Lipinski definition) is 11. The number of pyridine rings is 1. The molecule has 1 aromatic heterocycles. The predicted molar refractivity (Wildman–Crippen MR) is 210 cm³/mol. The summed E-state index contributed by atoms with van der Waals surface area (Å²) in [5, 5.41) is 17.8. The number of hydrogen-bond donors (Lipinski definition) is 4. The fraction of sp³-hybridized carbons (Fsp3) is 0.683. The molecule has 60 heavy (non-hydrogen) atoms. The minimum atomic E-state index is -4.93. The van der Waals surface area contributed by atoms with Crippen LogP contribution in [-0.4, -0.2) is 106 Å². The molecule has 3 heterocycles. The zero-order chi connectivity index (χ0) is 43.6. The summed E-state index contributed by atoms with van der Waals surface area (Å²) in [6.07, 6.45) is -2.95. The topological polar surface area (TPSA) is 203 Å². The summed E-state index contributed by atoms with van der Waals surface area (Å²) in [6, 6.07) is 4.42. The van der Waals surface area contributed by atoms with Crippen LogP contribution in [0.5, 0.6) is 11.6 Å². The number of nitrogens with one attached hydrogen (secondary N) is 3. The minimum Gasteiger partial charge on any atom is -0.488 e. The van der Waals surface area contributed by atoms with E-state index >= 15 is 0 Å². The van der Waals surface area contributed by atoms with Crippen molar-refractivity contribution in [2.45, 2.75) is 151 Å². The fourth-order valence-corrected chi connectivity index (χ4v) is 9.67. The lowest BCUT2D eigenvalue weighted by molar-refractivity contribution is -0.244. The second-order valence-electron chi connectivity index (χ2n) is 18.3. The van der Waals surface area contributed by atoms with Gasteiger partial charge in [-0.15, -0.1) is 0 Å². The first-order chi connectivity index (χ1) is 28.0. The Morgan fingerprint density at radius 2 is 1.68 bits per heavy atom. The molecule has 4 N–H and O–H groups in total.